The minimum Gasteiger partial charge on any atom is -0.385 e. The monoisotopic (exact) mass is 221 g/mol. The molecule has 0 heterocycles. The van der Waals surface area contributed by atoms with E-state index in [9.17, 15) is 0 Å². The molecule has 0 saturated heterocycles. The van der Waals surface area contributed by atoms with Crippen molar-refractivity contribution in [3.05, 3.63) is 36.1 Å². The summed E-state index contributed by atoms with van der Waals surface area (Å²) < 4.78 is 0. The Kier molecular flexibility index (Phi) is 9.89. The Labute approximate surface area is 101 Å². The topological polar surface area (TPSA) is 12.0 Å². The van der Waals surface area contributed by atoms with Crippen LogP contribution in [0, 0.1) is 5.92 Å². The third kappa shape index (κ3) is 8.34. The summed E-state index contributed by atoms with van der Waals surface area (Å²) in [5, 5.41) is 3.49. The first kappa shape index (κ1) is 15.0. The van der Waals surface area contributed by atoms with E-state index in [1.54, 1.807) is 0 Å². The van der Waals surface area contributed by atoms with Crippen LogP contribution in [-0.2, 0) is 0 Å². The molecule has 16 heavy (non-hydrogen) atoms. The van der Waals surface area contributed by atoms with Gasteiger partial charge in [0.2, 0.25) is 0 Å². The molecule has 0 fully saturated rings. The highest BCUT2D eigenvalue weighted by Crippen LogP contribution is 2.04. The van der Waals surface area contributed by atoms with Crippen molar-refractivity contribution in [2.24, 2.45) is 5.92 Å². The Balaban J connectivity index is 4.13. The van der Waals surface area contributed by atoms with Gasteiger partial charge in [0.15, 0.2) is 0 Å². The summed E-state index contributed by atoms with van der Waals surface area (Å²) in [6, 6.07) is 0. The molecule has 1 heteroatoms. The zero-order valence-corrected chi connectivity index (χ0v) is 11.3. The quantitative estimate of drug-likeness (QED) is 0.598. The van der Waals surface area contributed by atoms with E-state index in [1.807, 2.05) is 0 Å². The van der Waals surface area contributed by atoms with E-state index in [2.05, 4.69) is 63.4 Å². The van der Waals surface area contributed by atoms with Crippen molar-refractivity contribution in [1.29, 1.82) is 0 Å². The average Bonchev–Trinajstić information content (AvgIpc) is 2.26. The highest BCUT2D eigenvalue weighted by molar-refractivity contribution is 5.21. The zero-order valence-electron chi connectivity index (χ0n) is 11.3. The van der Waals surface area contributed by atoms with Crippen molar-refractivity contribution in [3.63, 3.8) is 0 Å². The third-order valence-electron chi connectivity index (χ3n) is 2.43. The molecule has 0 aromatic rings. The maximum Gasteiger partial charge on any atom is 0.0336 e. The Morgan fingerprint density at radius 1 is 1.31 bits per heavy atom. The van der Waals surface area contributed by atoms with Gasteiger partial charge in [-0.3, -0.25) is 0 Å². The first-order chi connectivity index (χ1) is 7.74. The predicted octanol–water partition coefficient (Wildman–Crippen LogP) is 4.44. The van der Waals surface area contributed by atoms with Gasteiger partial charge in [-0.15, -0.1) is 0 Å². The summed E-state index contributed by atoms with van der Waals surface area (Å²) in [6.07, 6.45) is 14.3. The molecule has 0 bridgehead atoms. The van der Waals surface area contributed by atoms with Gasteiger partial charge in [-0.1, -0.05) is 45.4 Å². The molecule has 1 atom stereocenters. The van der Waals surface area contributed by atoms with Crippen molar-refractivity contribution >= 4 is 0 Å². The summed E-state index contributed by atoms with van der Waals surface area (Å²) in [5.41, 5.74) is 1.20. The lowest BCUT2D eigenvalue weighted by molar-refractivity contribution is 0.502. The molecule has 0 amide bonds. The van der Waals surface area contributed by atoms with E-state index in [4.69, 9.17) is 0 Å². The lowest BCUT2D eigenvalue weighted by atomic mass is 10.1. The van der Waals surface area contributed by atoms with Gasteiger partial charge < -0.3 is 5.32 Å². The molecular weight excluding hydrogens is 194 g/mol. The van der Waals surface area contributed by atoms with Gasteiger partial charge in [0.25, 0.3) is 0 Å². The highest BCUT2D eigenvalue weighted by Gasteiger charge is 1.99. The van der Waals surface area contributed by atoms with E-state index in [1.165, 1.54) is 18.5 Å². The molecular formula is C15H27N. The molecule has 0 spiro atoms. The summed E-state index contributed by atoms with van der Waals surface area (Å²) >= 11 is 0. The second-order valence-corrected chi connectivity index (χ2v) is 4.23. The minimum atomic E-state index is 0.744. The third-order valence-corrected chi connectivity index (χ3v) is 2.43. The standard InChI is InChI=1S/C15H27N/c1-5-8-9-12-15(11-7-3)16-13-14(4)10-6-2/h7-9,11-12,14,16H,5-6,10,13H2,1-4H3/b9-8+,11-7-,15-12+. The minimum absolute atomic E-state index is 0.744. The summed E-state index contributed by atoms with van der Waals surface area (Å²) in [4.78, 5) is 0. The predicted molar refractivity (Wildman–Crippen MR) is 74.4 cm³/mol. The van der Waals surface area contributed by atoms with Gasteiger partial charge in [-0.2, -0.15) is 0 Å². The van der Waals surface area contributed by atoms with Crippen molar-refractivity contribution in [3.8, 4) is 0 Å². The van der Waals surface area contributed by atoms with Gasteiger partial charge in [0.1, 0.15) is 0 Å². The lowest BCUT2D eigenvalue weighted by Gasteiger charge is -2.12. The maximum atomic E-state index is 3.49. The number of allylic oxidation sites excluding steroid dienone is 5. The second kappa shape index (κ2) is 10.5. The van der Waals surface area contributed by atoms with Gasteiger partial charge in [0.05, 0.1) is 0 Å². The Morgan fingerprint density at radius 2 is 2.06 bits per heavy atom. The fourth-order valence-corrected chi connectivity index (χ4v) is 1.55. The van der Waals surface area contributed by atoms with Crippen LogP contribution in [-0.4, -0.2) is 6.54 Å². The number of nitrogens with one attached hydrogen (secondary N) is 1. The zero-order chi connectivity index (χ0) is 12.2. The fraction of sp³-hybridized carbons (Fsp3) is 0.600. The molecule has 92 valence electrons. The second-order valence-electron chi connectivity index (χ2n) is 4.23. The normalized spacial score (nSPS) is 14.9. The fourth-order valence-electron chi connectivity index (χ4n) is 1.55. The Hall–Kier alpha value is -0.980. The van der Waals surface area contributed by atoms with Crippen LogP contribution in [0.1, 0.15) is 47.0 Å². The van der Waals surface area contributed by atoms with Gasteiger partial charge in [-0.25, -0.2) is 0 Å². The van der Waals surface area contributed by atoms with Crippen molar-refractivity contribution in [2.45, 2.75) is 47.0 Å². The molecule has 1 nitrogen and oxygen atoms in total. The molecule has 0 rings (SSSR count). The largest absolute Gasteiger partial charge is 0.385 e. The van der Waals surface area contributed by atoms with Crippen LogP contribution < -0.4 is 5.32 Å². The van der Waals surface area contributed by atoms with Crippen molar-refractivity contribution in [2.75, 3.05) is 6.54 Å². The van der Waals surface area contributed by atoms with Crippen LogP contribution in [0.3, 0.4) is 0 Å². The van der Waals surface area contributed by atoms with Gasteiger partial charge in [0, 0.05) is 12.2 Å². The van der Waals surface area contributed by atoms with Crippen LogP contribution in [0.25, 0.3) is 0 Å². The summed E-state index contributed by atoms with van der Waals surface area (Å²) in [6.45, 7) is 9.80. The first-order valence-corrected chi connectivity index (χ1v) is 6.47. The number of rotatable bonds is 8. The van der Waals surface area contributed by atoms with E-state index in [0.717, 1.165) is 18.9 Å². The van der Waals surface area contributed by atoms with E-state index >= 15 is 0 Å². The Bertz CT molecular complexity index is 236. The Morgan fingerprint density at radius 3 is 2.62 bits per heavy atom. The van der Waals surface area contributed by atoms with E-state index in [0.29, 0.717) is 0 Å². The molecule has 0 aliphatic rings. The SMILES string of the molecule is C\C=C/C(=C\C=C\CC)NCC(C)CCC. The lowest BCUT2D eigenvalue weighted by Crippen LogP contribution is -2.19. The van der Waals surface area contributed by atoms with Crippen LogP contribution >= 0.6 is 0 Å². The van der Waals surface area contributed by atoms with Crippen molar-refractivity contribution in [1.82, 2.24) is 5.32 Å². The molecule has 1 N–H and O–H groups in total. The molecule has 0 aliphatic carbocycles. The molecule has 0 aliphatic heterocycles. The molecule has 1 unspecified atom stereocenters. The molecule has 0 saturated carbocycles. The van der Waals surface area contributed by atoms with Crippen LogP contribution in [0.2, 0.25) is 0 Å². The average molecular weight is 221 g/mol. The van der Waals surface area contributed by atoms with Crippen molar-refractivity contribution < 1.29 is 0 Å². The smallest absolute Gasteiger partial charge is 0.0336 e. The maximum absolute atomic E-state index is 3.49. The van der Waals surface area contributed by atoms with E-state index in [-0.39, 0.29) is 0 Å². The number of hydrogen-bond donors (Lipinski definition) is 1. The molecule has 0 aromatic heterocycles. The molecule has 0 aromatic carbocycles. The van der Waals surface area contributed by atoms with E-state index < -0.39 is 0 Å². The van der Waals surface area contributed by atoms with Crippen LogP contribution in [0.4, 0.5) is 0 Å². The van der Waals surface area contributed by atoms with Gasteiger partial charge >= 0.3 is 0 Å². The summed E-state index contributed by atoms with van der Waals surface area (Å²) in [7, 11) is 0. The summed E-state index contributed by atoms with van der Waals surface area (Å²) in [5.74, 6) is 0.744. The highest BCUT2D eigenvalue weighted by atomic mass is 14.9. The molecule has 0 radical (unpaired) electrons. The van der Waals surface area contributed by atoms with Gasteiger partial charge in [-0.05, 0) is 37.8 Å². The number of hydrogen-bond acceptors (Lipinski definition) is 1. The van der Waals surface area contributed by atoms with Crippen LogP contribution in [0.5, 0.6) is 0 Å². The van der Waals surface area contributed by atoms with Crippen LogP contribution in [0.15, 0.2) is 36.1 Å². The first-order valence-electron chi connectivity index (χ1n) is 6.47.